The van der Waals surface area contributed by atoms with Crippen LogP contribution in [-0.2, 0) is 13.1 Å². The van der Waals surface area contributed by atoms with Crippen LogP contribution in [0.25, 0.3) is 0 Å². The second-order valence-corrected chi connectivity index (χ2v) is 7.38. The van der Waals surface area contributed by atoms with Crippen molar-refractivity contribution in [1.82, 2.24) is 0 Å². The second kappa shape index (κ2) is 9.71. The van der Waals surface area contributed by atoms with Gasteiger partial charge in [0, 0.05) is 18.8 Å². The first-order valence-electron chi connectivity index (χ1n) is 9.04. The normalized spacial score (nSPS) is 10.4. The quantitative estimate of drug-likeness (QED) is 0.433. The Bertz CT molecular complexity index is 1040. The van der Waals surface area contributed by atoms with Crippen molar-refractivity contribution in [3.63, 3.8) is 0 Å². The maximum atomic E-state index is 13.9. The van der Waals surface area contributed by atoms with Crippen LogP contribution in [0.5, 0.6) is 11.5 Å². The molecule has 3 rings (SSSR count). The van der Waals surface area contributed by atoms with Crippen molar-refractivity contribution in [2.45, 2.75) is 13.1 Å². The Morgan fingerprint density at radius 2 is 1.40 bits per heavy atom. The highest BCUT2D eigenvalue weighted by atomic mass is 35.5. The molecule has 154 valence electrons. The van der Waals surface area contributed by atoms with Crippen LogP contribution in [0.2, 0.25) is 10.0 Å². The van der Waals surface area contributed by atoms with Crippen LogP contribution >= 0.6 is 23.2 Å². The van der Waals surface area contributed by atoms with Gasteiger partial charge in [-0.15, -0.1) is 0 Å². The third-order valence-electron chi connectivity index (χ3n) is 4.61. The molecule has 0 amide bonds. The number of hydrogen-bond donors (Lipinski definition) is 0. The number of nitriles is 1. The monoisotopic (exact) mass is 444 g/mol. The molecule has 0 saturated heterocycles. The standard InChI is InChI=1S/C23H19Cl2FN2O2/c1-29-22-7-3-15(9-19(22)24)13-28(18-5-6-21(26)17(11-18)12-27)14-16-4-8-23(30-2)20(25)10-16/h3-11H,13-14H2,1-2H3. The Labute approximate surface area is 185 Å². The summed E-state index contributed by atoms with van der Waals surface area (Å²) in [4.78, 5) is 2.01. The van der Waals surface area contributed by atoms with E-state index in [4.69, 9.17) is 32.7 Å². The van der Waals surface area contributed by atoms with Gasteiger partial charge in [-0.2, -0.15) is 5.26 Å². The topological polar surface area (TPSA) is 45.5 Å². The molecule has 0 N–H and O–H groups in total. The van der Waals surface area contributed by atoms with E-state index in [1.165, 1.54) is 12.1 Å². The summed E-state index contributed by atoms with van der Waals surface area (Å²) in [6.45, 7) is 0.952. The molecule has 0 heterocycles. The van der Waals surface area contributed by atoms with E-state index in [0.717, 1.165) is 11.1 Å². The minimum absolute atomic E-state index is 0.0157. The van der Waals surface area contributed by atoms with Gasteiger partial charge in [-0.05, 0) is 53.6 Å². The molecule has 0 aliphatic carbocycles. The molecule has 3 aromatic rings. The highest BCUT2D eigenvalue weighted by Crippen LogP contribution is 2.30. The molecule has 0 aliphatic rings. The molecule has 0 spiro atoms. The van der Waals surface area contributed by atoms with Crippen LogP contribution in [0.3, 0.4) is 0 Å². The van der Waals surface area contributed by atoms with Gasteiger partial charge in [0.2, 0.25) is 0 Å². The van der Waals surface area contributed by atoms with Crippen LogP contribution in [0, 0.1) is 17.1 Å². The van der Waals surface area contributed by atoms with Crippen molar-refractivity contribution in [2.24, 2.45) is 0 Å². The zero-order valence-corrected chi connectivity index (χ0v) is 18.0. The largest absolute Gasteiger partial charge is 0.495 e. The van der Waals surface area contributed by atoms with E-state index < -0.39 is 5.82 Å². The Hall–Kier alpha value is -2.94. The number of nitrogens with zero attached hydrogens (tertiary/aromatic N) is 2. The predicted molar refractivity (Wildman–Crippen MR) is 117 cm³/mol. The lowest BCUT2D eigenvalue weighted by molar-refractivity contribution is 0.415. The molecule has 0 aromatic heterocycles. The van der Waals surface area contributed by atoms with Crippen molar-refractivity contribution in [2.75, 3.05) is 19.1 Å². The number of ether oxygens (including phenoxy) is 2. The van der Waals surface area contributed by atoms with Crippen LogP contribution in [-0.4, -0.2) is 14.2 Å². The third-order valence-corrected chi connectivity index (χ3v) is 5.21. The van der Waals surface area contributed by atoms with Crippen molar-refractivity contribution < 1.29 is 13.9 Å². The van der Waals surface area contributed by atoms with Gasteiger partial charge in [0.1, 0.15) is 23.4 Å². The van der Waals surface area contributed by atoms with Gasteiger partial charge in [0.15, 0.2) is 0 Å². The molecular weight excluding hydrogens is 426 g/mol. The van der Waals surface area contributed by atoms with Crippen LogP contribution in [0.1, 0.15) is 16.7 Å². The number of hydrogen-bond acceptors (Lipinski definition) is 4. The summed E-state index contributed by atoms with van der Waals surface area (Å²) in [6, 6.07) is 17.4. The fourth-order valence-electron chi connectivity index (χ4n) is 3.09. The predicted octanol–water partition coefficient (Wildman–Crippen LogP) is 6.23. The Balaban J connectivity index is 1.97. The van der Waals surface area contributed by atoms with Crippen molar-refractivity contribution in [1.29, 1.82) is 5.26 Å². The van der Waals surface area contributed by atoms with Crippen molar-refractivity contribution in [3.8, 4) is 17.6 Å². The van der Waals surface area contributed by atoms with Gasteiger partial charge in [0.25, 0.3) is 0 Å². The van der Waals surface area contributed by atoms with Gasteiger partial charge in [-0.25, -0.2) is 4.39 Å². The summed E-state index contributed by atoms with van der Waals surface area (Å²) in [5.74, 6) is 0.617. The maximum Gasteiger partial charge on any atom is 0.141 e. The molecule has 3 aromatic carbocycles. The lowest BCUT2D eigenvalue weighted by Gasteiger charge is -2.26. The number of rotatable bonds is 7. The van der Waals surface area contributed by atoms with E-state index in [2.05, 4.69) is 0 Å². The van der Waals surface area contributed by atoms with E-state index in [9.17, 15) is 9.65 Å². The first kappa shape index (κ1) is 21.8. The molecular formula is C23H19Cl2FN2O2. The maximum absolute atomic E-state index is 13.9. The Kier molecular flexibility index (Phi) is 7.04. The molecule has 4 nitrogen and oxygen atoms in total. The molecule has 0 radical (unpaired) electrons. The van der Waals surface area contributed by atoms with Crippen LogP contribution in [0.15, 0.2) is 54.6 Å². The molecule has 0 atom stereocenters. The van der Waals surface area contributed by atoms with E-state index >= 15 is 0 Å². The number of methoxy groups -OCH3 is 2. The van der Waals surface area contributed by atoms with Crippen LogP contribution in [0.4, 0.5) is 10.1 Å². The molecule has 0 aliphatic heterocycles. The first-order valence-corrected chi connectivity index (χ1v) is 9.80. The summed E-state index contributed by atoms with van der Waals surface area (Å²) in [5, 5.41) is 10.2. The fraction of sp³-hybridized carbons (Fsp3) is 0.174. The molecule has 0 unspecified atom stereocenters. The summed E-state index contributed by atoms with van der Waals surface area (Å²) >= 11 is 12.5. The minimum atomic E-state index is -0.554. The second-order valence-electron chi connectivity index (χ2n) is 6.57. The van der Waals surface area contributed by atoms with Gasteiger partial charge in [-0.1, -0.05) is 35.3 Å². The lowest BCUT2D eigenvalue weighted by atomic mass is 10.1. The number of anilines is 1. The SMILES string of the molecule is COc1ccc(CN(Cc2ccc(OC)c(Cl)c2)c2ccc(F)c(C#N)c2)cc1Cl. The minimum Gasteiger partial charge on any atom is -0.495 e. The summed E-state index contributed by atoms with van der Waals surface area (Å²) in [6.07, 6.45) is 0. The fourth-order valence-corrected chi connectivity index (χ4v) is 3.65. The molecule has 0 fully saturated rings. The number of benzene rings is 3. The van der Waals surface area contributed by atoms with E-state index in [-0.39, 0.29) is 5.56 Å². The van der Waals surface area contributed by atoms with Gasteiger partial charge in [-0.3, -0.25) is 0 Å². The molecule has 30 heavy (non-hydrogen) atoms. The average Bonchev–Trinajstić information content (AvgIpc) is 2.74. The van der Waals surface area contributed by atoms with Gasteiger partial charge in [0.05, 0.1) is 29.8 Å². The third kappa shape index (κ3) is 4.96. The zero-order valence-electron chi connectivity index (χ0n) is 16.5. The molecule has 7 heteroatoms. The highest BCUT2D eigenvalue weighted by molar-refractivity contribution is 6.32. The van der Waals surface area contributed by atoms with Gasteiger partial charge < -0.3 is 14.4 Å². The van der Waals surface area contributed by atoms with Crippen molar-refractivity contribution >= 4 is 28.9 Å². The first-order chi connectivity index (χ1) is 14.4. The zero-order chi connectivity index (χ0) is 21.7. The lowest BCUT2D eigenvalue weighted by Crippen LogP contribution is -2.22. The van der Waals surface area contributed by atoms with Gasteiger partial charge >= 0.3 is 0 Å². The number of halogens is 3. The highest BCUT2D eigenvalue weighted by Gasteiger charge is 2.14. The van der Waals surface area contributed by atoms with Crippen molar-refractivity contribution in [3.05, 3.63) is 87.2 Å². The average molecular weight is 445 g/mol. The molecule has 0 saturated carbocycles. The summed E-state index contributed by atoms with van der Waals surface area (Å²) in [7, 11) is 3.12. The van der Waals surface area contributed by atoms with E-state index in [1.54, 1.807) is 32.4 Å². The Morgan fingerprint density at radius 3 is 1.83 bits per heavy atom. The Morgan fingerprint density at radius 1 is 0.867 bits per heavy atom. The smallest absolute Gasteiger partial charge is 0.141 e. The molecule has 0 bridgehead atoms. The van der Waals surface area contributed by atoms with Crippen LogP contribution < -0.4 is 14.4 Å². The summed E-state index contributed by atoms with van der Waals surface area (Å²) in [5.41, 5.74) is 2.55. The van der Waals surface area contributed by atoms with E-state index in [1.807, 2.05) is 35.2 Å². The van der Waals surface area contributed by atoms with E-state index in [0.29, 0.717) is 40.3 Å². The summed E-state index contributed by atoms with van der Waals surface area (Å²) < 4.78 is 24.3.